The molecule has 1 aliphatic carbocycles. The largest absolute Gasteiger partial charge is 0.339 e. The first-order valence-corrected chi connectivity index (χ1v) is 8.82. The lowest BCUT2D eigenvalue weighted by Crippen LogP contribution is -2.51. The second-order valence-corrected chi connectivity index (χ2v) is 6.66. The molecule has 0 radical (unpaired) electrons. The van der Waals surface area contributed by atoms with Crippen LogP contribution in [0.4, 0.5) is 4.79 Å². The lowest BCUT2D eigenvalue weighted by Gasteiger charge is -2.29. The highest BCUT2D eigenvalue weighted by Crippen LogP contribution is 2.17. The topological polar surface area (TPSA) is 93.8 Å². The van der Waals surface area contributed by atoms with Crippen LogP contribution >= 0.6 is 12.4 Å². The van der Waals surface area contributed by atoms with E-state index in [9.17, 15) is 14.4 Å². The summed E-state index contributed by atoms with van der Waals surface area (Å²) >= 11 is 0. The van der Waals surface area contributed by atoms with Gasteiger partial charge >= 0.3 is 6.03 Å². The number of likely N-dealkylation sites (N-methyl/N-ethyl adjacent to an activating group) is 1. The van der Waals surface area contributed by atoms with Gasteiger partial charge in [-0.3, -0.25) is 19.8 Å². The van der Waals surface area contributed by atoms with Crippen LogP contribution in [0.25, 0.3) is 0 Å². The Bertz CT molecular complexity index is 451. The Morgan fingerprint density at radius 2 is 1.72 bits per heavy atom. The molecule has 3 N–H and O–H groups in total. The molecule has 1 saturated carbocycles. The van der Waals surface area contributed by atoms with Crippen LogP contribution in [0.5, 0.6) is 0 Å². The van der Waals surface area contributed by atoms with Gasteiger partial charge in [-0.2, -0.15) is 0 Å². The molecule has 2 fully saturated rings. The van der Waals surface area contributed by atoms with Crippen LogP contribution in [0.2, 0.25) is 0 Å². The number of hydrogen-bond donors (Lipinski definition) is 3. The third-order valence-electron chi connectivity index (χ3n) is 4.48. The summed E-state index contributed by atoms with van der Waals surface area (Å²) in [7, 11) is 1.71. The summed E-state index contributed by atoms with van der Waals surface area (Å²) in [6.45, 7) is 3.20. The fraction of sp³-hybridized carbons (Fsp3) is 0.812. The molecule has 1 heterocycles. The summed E-state index contributed by atoms with van der Waals surface area (Å²) in [6, 6.07) is -0.271. The molecule has 0 unspecified atom stereocenters. The zero-order valence-electron chi connectivity index (χ0n) is 14.9. The Balaban J connectivity index is 0.00000312. The molecule has 0 aromatic carbocycles. The van der Waals surface area contributed by atoms with Gasteiger partial charge in [-0.25, -0.2) is 4.79 Å². The van der Waals surface area contributed by atoms with E-state index in [1.807, 2.05) is 0 Å². The third kappa shape index (κ3) is 8.02. The fourth-order valence-corrected chi connectivity index (χ4v) is 3.18. The Morgan fingerprint density at radius 1 is 1.08 bits per heavy atom. The van der Waals surface area contributed by atoms with Crippen molar-refractivity contribution in [1.82, 2.24) is 25.8 Å². The van der Waals surface area contributed by atoms with Crippen molar-refractivity contribution in [2.45, 2.75) is 38.1 Å². The van der Waals surface area contributed by atoms with E-state index in [1.165, 1.54) is 6.42 Å². The third-order valence-corrected chi connectivity index (χ3v) is 4.48. The summed E-state index contributed by atoms with van der Waals surface area (Å²) in [4.78, 5) is 39.3. The number of halogens is 1. The lowest BCUT2D eigenvalue weighted by atomic mass is 9.96. The highest BCUT2D eigenvalue weighted by molar-refractivity contribution is 5.95. The van der Waals surface area contributed by atoms with Gasteiger partial charge in [-0.15, -0.1) is 12.4 Å². The standard InChI is InChI=1S/C16H29N5O3.ClH/c1-20(12-15(23)21-9-7-17-8-10-21)11-14(22)19-16(24)18-13-5-3-2-4-6-13;/h13,17H,2-12H2,1H3,(H2,18,19,22,24);1H. The van der Waals surface area contributed by atoms with Crippen LogP contribution in [0.15, 0.2) is 0 Å². The van der Waals surface area contributed by atoms with E-state index in [2.05, 4.69) is 16.0 Å². The number of nitrogens with one attached hydrogen (secondary N) is 3. The molecule has 0 bridgehead atoms. The smallest absolute Gasteiger partial charge is 0.321 e. The molecule has 0 aromatic rings. The fourth-order valence-electron chi connectivity index (χ4n) is 3.18. The van der Waals surface area contributed by atoms with Crippen LogP contribution in [0, 0.1) is 0 Å². The number of rotatable bonds is 5. The minimum absolute atomic E-state index is 0. The highest BCUT2D eigenvalue weighted by Gasteiger charge is 2.20. The predicted molar refractivity (Wildman–Crippen MR) is 97.7 cm³/mol. The average Bonchev–Trinajstić information content (AvgIpc) is 2.56. The summed E-state index contributed by atoms with van der Waals surface area (Å²) in [5.41, 5.74) is 0. The number of carbonyl (C=O) groups excluding carboxylic acids is 3. The van der Waals surface area contributed by atoms with Gasteiger partial charge < -0.3 is 15.5 Å². The van der Waals surface area contributed by atoms with E-state index in [4.69, 9.17) is 0 Å². The summed E-state index contributed by atoms with van der Waals surface area (Å²) in [5, 5.41) is 8.38. The molecular weight excluding hydrogens is 346 g/mol. The molecule has 4 amide bonds. The van der Waals surface area contributed by atoms with Gasteiger partial charge in [0.2, 0.25) is 11.8 Å². The van der Waals surface area contributed by atoms with Crippen LogP contribution in [0.3, 0.4) is 0 Å². The Hall–Kier alpha value is -1.38. The van der Waals surface area contributed by atoms with Gasteiger partial charge in [-0.1, -0.05) is 19.3 Å². The van der Waals surface area contributed by atoms with E-state index < -0.39 is 6.03 Å². The average molecular weight is 376 g/mol. The maximum atomic E-state index is 12.1. The van der Waals surface area contributed by atoms with Gasteiger partial charge in [0.15, 0.2) is 0 Å². The van der Waals surface area contributed by atoms with Gasteiger partial charge in [0.25, 0.3) is 0 Å². The molecule has 1 aliphatic heterocycles. The highest BCUT2D eigenvalue weighted by atomic mass is 35.5. The lowest BCUT2D eigenvalue weighted by molar-refractivity contribution is -0.133. The monoisotopic (exact) mass is 375 g/mol. The van der Waals surface area contributed by atoms with Crippen LogP contribution in [0.1, 0.15) is 32.1 Å². The van der Waals surface area contributed by atoms with Crippen LogP contribution in [-0.4, -0.2) is 80.0 Å². The van der Waals surface area contributed by atoms with Crippen molar-refractivity contribution < 1.29 is 14.4 Å². The summed E-state index contributed by atoms with van der Waals surface area (Å²) in [6.07, 6.45) is 5.40. The second kappa shape index (κ2) is 11.3. The van der Waals surface area contributed by atoms with Crippen molar-refractivity contribution in [3.63, 3.8) is 0 Å². The predicted octanol–water partition coefficient (Wildman–Crippen LogP) is -0.0697. The molecule has 144 valence electrons. The van der Waals surface area contributed by atoms with Crippen molar-refractivity contribution in [3.05, 3.63) is 0 Å². The molecule has 9 heteroatoms. The van der Waals surface area contributed by atoms with Gasteiger partial charge in [-0.05, 0) is 19.9 Å². The Morgan fingerprint density at radius 3 is 2.36 bits per heavy atom. The minimum atomic E-state index is -0.436. The first-order valence-electron chi connectivity index (χ1n) is 8.82. The van der Waals surface area contributed by atoms with Crippen LogP contribution < -0.4 is 16.0 Å². The van der Waals surface area contributed by atoms with Crippen molar-refractivity contribution in [3.8, 4) is 0 Å². The number of urea groups is 1. The molecule has 0 atom stereocenters. The SMILES string of the molecule is CN(CC(=O)NC(=O)NC1CCCCC1)CC(=O)N1CCNCC1.Cl. The summed E-state index contributed by atoms with van der Waals surface area (Å²) < 4.78 is 0. The number of amides is 4. The molecular formula is C16H30ClN5O3. The molecule has 25 heavy (non-hydrogen) atoms. The van der Waals surface area contributed by atoms with Gasteiger partial charge in [0.05, 0.1) is 13.1 Å². The number of piperazine rings is 1. The van der Waals surface area contributed by atoms with E-state index in [0.29, 0.717) is 13.1 Å². The second-order valence-electron chi connectivity index (χ2n) is 6.66. The molecule has 0 spiro atoms. The van der Waals surface area contributed by atoms with Crippen molar-refractivity contribution in [1.29, 1.82) is 0 Å². The van der Waals surface area contributed by atoms with E-state index in [1.54, 1.807) is 16.8 Å². The van der Waals surface area contributed by atoms with Gasteiger partial charge in [0, 0.05) is 32.2 Å². The van der Waals surface area contributed by atoms with Crippen molar-refractivity contribution >= 4 is 30.3 Å². The summed E-state index contributed by atoms with van der Waals surface area (Å²) in [5.74, 6) is -0.377. The Labute approximate surface area is 155 Å². The van der Waals surface area contributed by atoms with Gasteiger partial charge in [0.1, 0.15) is 0 Å². The van der Waals surface area contributed by atoms with E-state index >= 15 is 0 Å². The molecule has 2 aliphatic rings. The molecule has 8 nitrogen and oxygen atoms in total. The normalized spacial score (nSPS) is 18.4. The quantitative estimate of drug-likeness (QED) is 0.625. The first-order chi connectivity index (χ1) is 11.5. The molecule has 0 aromatic heterocycles. The Kier molecular flexibility index (Phi) is 9.77. The number of carbonyl (C=O) groups is 3. The molecule has 1 saturated heterocycles. The number of hydrogen-bond acceptors (Lipinski definition) is 5. The van der Waals surface area contributed by atoms with Crippen molar-refractivity contribution in [2.24, 2.45) is 0 Å². The maximum Gasteiger partial charge on any atom is 0.321 e. The zero-order valence-corrected chi connectivity index (χ0v) is 15.7. The van der Waals surface area contributed by atoms with Crippen molar-refractivity contribution in [2.75, 3.05) is 46.3 Å². The van der Waals surface area contributed by atoms with E-state index in [0.717, 1.165) is 38.8 Å². The van der Waals surface area contributed by atoms with E-state index in [-0.39, 0.29) is 43.4 Å². The molecule has 2 rings (SSSR count). The maximum absolute atomic E-state index is 12.1. The van der Waals surface area contributed by atoms with Crippen LogP contribution in [-0.2, 0) is 9.59 Å². The zero-order chi connectivity index (χ0) is 17.4. The number of nitrogens with zero attached hydrogens (tertiary/aromatic N) is 2. The first kappa shape index (κ1) is 21.7. The number of imide groups is 1. The minimum Gasteiger partial charge on any atom is -0.339 e.